The van der Waals surface area contributed by atoms with Crippen molar-refractivity contribution in [2.45, 2.75) is 20.0 Å². The van der Waals surface area contributed by atoms with E-state index in [9.17, 15) is 19.1 Å². The number of benzene rings is 2. The summed E-state index contributed by atoms with van der Waals surface area (Å²) in [5.74, 6) is -0.783. The minimum atomic E-state index is -0.706. The predicted octanol–water partition coefficient (Wildman–Crippen LogP) is 2.44. The van der Waals surface area contributed by atoms with Crippen molar-refractivity contribution in [3.63, 3.8) is 0 Å². The Balaban J connectivity index is 1.95. The molecule has 6 nitrogen and oxygen atoms in total. The largest absolute Gasteiger partial charge is 0.494 e. The first-order valence-electron chi connectivity index (χ1n) is 8.31. The van der Waals surface area contributed by atoms with Crippen LogP contribution in [0.2, 0.25) is 0 Å². The Hall–Kier alpha value is -3.48. The molecule has 0 radical (unpaired) electrons. The summed E-state index contributed by atoms with van der Waals surface area (Å²) >= 11 is 0. The molecule has 0 aliphatic carbocycles. The Morgan fingerprint density at radius 3 is 2.41 bits per heavy atom. The zero-order chi connectivity index (χ0) is 19.4. The van der Waals surface area contributed by atoms with E-state index in [1.807, 2.05) is 30.3 Å². The highest BCUT2D eigenvalue weighted by Gasteiger charge is 2.16. The van der Waals surface area contributed by atoms with Crippen molar-refractivity contribution in [3.8, 4) is 5.88 Å². The van der Waals surface area contributed by atoms with E-state index in [0.717, 1.165) is 15.7 Å². The second-order valence-electron chi connectivity index (χ2n) is 6.06. The van der Waals surface area contributed by atoms with Crippen molar-refractivity contribution >= 4 is 5.71 Å². The molecule has 7 heteroatoms. The monoisotopic (exact) mass is 367 g/mol. The molecule has 0 unspecified atom stereocenters. The van der Waals surface area contributed by atoms with Crippen LogP contribution in [0.5, 0.6) is 5.88 Å². The average Bonchev–Trinajstić information content (AvgIpc) is 2.65. The van der Waals surface area contributed by atoms with Crippen molar-refractivity contribution in [2.75, 3.05) is 0 Å². The molecule has 0 amide bonds. The summed E-state index contributed by atoms with van der Waals surface area (Å²) in [4.78, 5) is 30.8. The lowest BCUT2D eigenvalue weighted by molar-refractivity contribution is 0.408. The minimum absolute atomic E-state index is 0.0624. The van der Waals surface area contributed by atoms with Crippen LogP contribution in [-0.2, 0) is 13.1 Å². The summed E-state index contributed by atoms with van der Waals surface area (Å²) in [7, 11) is 0. The molecular formula is C20H18FN3O3. The zero-order valence-electron chi connectivity index (χ0n) is 14.6. The van der Waals surface area contributed by atoms with E-state index in [1.165, 1.54) is 12.1 Å². The lowest BCUT2D eigenvalue weighted by atomic mass is 10.2. The highest BCUT2D eigenvalue weighted by molar-refractivity contribution is 6.00. The summed E-state index contributed by atoms with van der Waals surface area (Å²) < 4.78 is 14.1. The second-order valence-corrected chi connectivity index (χ2v) is 6.06. The van der Waals surface area contributed by atoms with Crippen LogP contribution in [0.3, 0.4) is 0 Å². The summed E-state index contributed by atoms with van der Waals surface area (Å²) in [6.07, 6.45) is 0. The topological polar surface area (TPSA) is 87.4 Å². The molecule has 3 rings (SSSR count). The number of nitrogens with one attached hydrogen (secondary N) is 1. The Labute approximate surface area is 154 Å². The Bertz CT molecular complexity index is 1080. The van der Waals surface area contributed by atoms with Gasteiger partial charge in [-0.15, -0.1) is 0 Å². The molecule has 0 aliphatic rings. The number of aromatic nitrogens is 2. The molecule has 138 valence electrons. The van der Waals surface area contributed by atoms with Crippen LogP contribution in [0.4, 0.5) is 4.39 Å². The van der Waals surface area contributed by atoms with Crippen LogP contribution < -0.4 is 11.2 Å². The molecule has 0 atom stereocenters. The van der Waals surface area contributed by atoms with Crippen molar-refractivity contribution in [1.29, 1.82) is 0 Å². The number of nitrogens with zero attached hydrogens (tertiary/aromatic N) is 2. The van der Waals surface area contributed by atoms with Gasteiger partial charge in [0.1, 0.15) is 11.4 Å². The van der Waals surface area contributed by atoms with Gasteiger partial charge in [0.2, 0.25) is 5.88 Å². The van der Waals surface area contributed by atoms with Gasteiger partial charge in [0.05, 0.1) is 18.8 Å². The van der Waals surface area contributed by atoms with Gasteiger partial charge in [-0.3, -0.25) is 19.3 Å². The van der Waals surface area contributed by atoms with E-state index in [1.54, 1.807) is 19.1 Å². The van der Waals surface area contributed by atoms with Gasteiger partial charge < -0.3 is 5.11 Å². The van der Waals surface area contributed by atoms with E-state index in [0.29, 0.717) is 0 Å². The summed E-state index contributed by atoms with van der Waals surface area (Å²) in [5.41, 5.74) is 0.365. The van der Waals surface area contributed by atoms with E-state index in [-0.39, 0.29) is 30.2 Å². The first-order chi connectivity index (χ1) is 13.0. The number of aromatic hydroxyl groups is 1. The minimum Gasteiger partial charge on any atom is -0.494 e. The van der Waals surface area contributed by atoms with Gasteiger partial charge in [-0.2, -0.15) is 0 Å². The molecule has 1 heterocycles. The third-order valence-electron chi connectivity index (χ3n) is 4.13. The van der Waals surface area contributed by atoms with Gasteiger partial charge in [0.25, 0.3) is 5.56 Å². The quantitative estimate of drug-likeness (QED) is 0.679. The van der Waals surface area contributed by atoms with Crippen molar-refractivity contribution in [2.24, 2.45) is 4.99 Å². The standard InChI is InChI=1S/C20H18FN3O3/c1-13(22-11-14-7-9-16(21)10-8-14)17-18(25)23-20(27)24(19(17)26)12-15-5-3-2-4-6-15/h2-10,26H,11-12H2,1H3,(H,23,25,27). The maximum absolute atomic E-state index is 13.0. The van der Waals surface area contributed by atoms with Crippen LogP contribution in [-0.4, -0.2) is 20.4 Å². The number of halogens is 1. The molecule has 0 bridgehead atoms. The number of hydrogen-bond donors (Lipinski definition) is 2. The predicted molar refractivity (Wildman–Crippen MR) is 101 cm³/mol. The molecule has 0 saturated carbocycles. The summed E-state index contributed by atoms with van der Waals surface area (Å²) in [6.45, 7) is 1.90. The van der Waals surface area contributed by atoms with Gasteiger partial charge in [-0.1, -0.05) is 42.5 Å². The number of aromatic amines is 1. The third kappa shape index (κ3) is 4.20. The molecule has 27 heavy (non-hydrogen) atoms. The van der Waals surface area contributed by atoms with E-state index < -0.39 is 17.1 Å². The number of H-pyrrole nitrogens is 1. The molecule has 0 fully saturated rings. The van der Waals surface area contributed by atoms with Crippen LogP contribution in [0.25, 0.3) is 0 Å². The smallest absolute Gasteiger partial charge is 0.331 e. The SMILES string of the molecule is CC(=NCc1ccc(F)cc1)c1c(O)n(Cc2ccccc2)c(=O)[nH]c1=O. The fourth-order valence-electron chi connectivity index (χ4n) is 2.68. The van der Waals surface area contributed by atoms with Gasteiger partial charge in [-0.05, 0) is 30.2 Å². The third-order valence-corrected chi connectivity index (χ3v) is 4.13. The van der Waals surface area contributed by atoms with Crippen molar-refractivity contribution in [1.82, 2.24) is 9.55 Å². The molecule has 0 spiro atoms. The molecule has 2 N–H and O–H groups in total. The molecule has 3 aromatic rings. The fraction of sp³-hybridized carbons (Fsp3) is 0.150. The first-order valence-corrected chi connectivity index (χ1v) is 8.31. The van der Waals surface area contributed by atoms with Crippen LogP contribution in [0, 0.1) is 5.82 Å². The zero-order valence-corrected chi connectivity index (χ0v) is 14.6. The number of aliphatic imine (C=N–C) groups is 1. The second kappa shape index (κ2) is 7.82. The normalized spacial score (nSPS) is 11.6. The lowest BCUT2D eigenvalue weighted by Crippen LogP contribution is -2.33. The molecule has 0 aliphatic heterocycles. The first kappa shape index (κ1) is 18.3. The highest BCUT2D eigenvalue weighted by Crippen LogP contribution is 2.14. The van der Waals surface area contributed by atoms with E-state index in [2.05, 4.69) is 9.98 Å². The van der Waals surface area contributed by atoms with Gasteiger partial charge >= 0.3 is 5.69 Å². The van der Waals surface area contributed by atoms with Gasteiger partial charge in [-0.25, -0.2) is 9.18 Å². The maximum Gasteiger partial charge on any atom is 0.331 e. The van der Waals surface area contributed by atoms with E-state index in [4.69, 9.17) is 0 Å². The van der Waals surface area contributed by atoms with Gasteiger partial charge in [0, 0.05) is 0 Å². The summed E-state index contributed by atoms with van der Waals surface area (Å²) in [6, 6.07) is 14.9. The van der Waals surface area contributed by atoms with Crippen LogP contribution in [0.15, 0.2) is 69.2 Å². The van der Waals surface area contributed by atoms with Crippen molar-refractivity contribution in [3.05, 3.63) is 97.9 Å². The Morgan fingerprint density at radius 1 is 1.07 bits per heavy atom. The number of hydrogen-bond acceptors (Lipinski definition) is 4. The fourth-order valence-corrected chi connectivity index (χ4v) is 2.68. The average molecular weight is 367 g/mol. The highest BCUT2D eigenvalue weighted by atomic mass is 19.1. The maximum atomic E-state index is 13.0. The Morgan fingerprint density at radius 2 is 1.74 bits per heavy atom. The molecule has 2 aromatic carbocycles. The number of rotatable bonds is 5. The van der Waals surface area contributed by atoms with Crippen LogP contribution >= 0.6 is 0 Å². The summed E-state index contributed by atoms with van der Waals surface area (Å²) in [5, 5.41) is 10.5. The van der Waals surface area contributed by atoms with Crippen molar-refractivity contribution < 1.29 is 9.50 Å². The lowest BCUT2D eigenvalue weighted by Gasteiger charge is -2.11. The molecular weight excluding hydrogens is 349 g/mol. The van der Waals surface area contributed by atoms with Crippen LogP contribution in [0.1, 0.15) is 23.6 Å². The van der Waals surface area contributed by atoms with Gasteiger partial charge in [0.15, 0.2) is 0 Å². The van der Waals surface area contributed by atoms with E-state index >= 15 is 0 Å². The molecule has 1 aromatic heterocycles. The Kier molecular flexibility index (Phi) is 5.30. The molecule has 0 saturated heterocycles.